The van der Waals surface area contributed by atoms with Gasteiger partial charge in [-0.25, -0.2) is 4.68 Å². The van der Waals surface area contributed by atoms with Crippen LogP contribution in [-0.2, 0) is 14.8 Å². The van der Waals surface area contributed by atoms with Crippen LogP contribution in [0.25, 0.3) is 10.9 Å². The van der Waals surface area contributed by atoms with Gasteiger partial charge in [-0.05, 0) is 42.1 Å². The van der Waals surface area contributed by atoms with E-state index in [1.165, 1.54) is 0 Å². The van der Waals surface area contributed by atoms with Gasteiger partial charge in [0, 0.05) is 5.39 Å². The van der Waals surface area contributed by atoms with Crippen molar-refractivity contribution in [3.63, 3.8) is 0 Å². The minimum atomic E-state index is -0.812. The summed E-state index contributed by atoms with van der Waals surface area (Å²) in [4.78, 5) is 12.4. The molecular weight excluding hydrogens is 459 g/mol. The first-order valence-corrected chi connectivity index (χ1v) is 12.5. The lowest BCUT2D eigenvalue weighted by Gasteiger charge is -2.37. The van der Waals surface area contributed by atoms with Crippen LogP contribution < -0.4 is 5.46 Å². The summed E-state index contributed by atoms with van der Waals surface area (Å²) in [6.45, 7) is 4.53. The molecule has 0 aliphatic carbocycles. The van der Waals surface area contributed by atoms with Crippen LogP contribution in [0.2, 0.25) is 0 Å². The van der Waals surface area contributed by atoms with E-state index in [9.17, 15) is 4.79 Å². The largest absolute Gasteiger partial charge is 0.494 e. The Morgan fingerprint density at radius 2 is 1.38 bits per heavy atom. The molecule has 1 aliphatic rings. The third-order valence-corrected chi connectivity index (χ3v) is 7.02. The monoisotopic (exact) mass is 486 g/mol. The molecule has 1 aliphatic heterocycles. The van der Waals surface area contributed by atoms with Gasteiger partial charge in [0.05, 0.1) is 17.7 Å². The first-order chi connectivity index (χ1) is 18.0. The maximum Gasteiger partial charge on any atom is 0.494 e. The molecule has 0 N–H and O–H groups in total. The number of carbonyl (C=O) groups is 1. The Kier molecular flexibility index (Phi) is 5.78. The lowest BCUT2D eigenvalue weighted by Crippen LogP contribution is -2.38. The van der Waals surface area contributed by atoms with Crippen LogP contribution in [0, 0.1) is 0 Å². The molecular formula is C31H27BN2O3. The van der Waals surface area contributed by atoms with Gasteiger partial charge in [0.25, 0.3) is 0 Å². The van der Waals surface area contributed by atoms with Crippen molar-refractivity contribution < 1.29 is 14.1 Å². The van der Waals surface area contributed by atoms with Crippen LogP contribution in [0.15, 0.2) is 109 Å². The number of rotatable bonds is 6. The summed E-state index contributed by atoms with van der Waals surface area (Å²) in [5, 5.41) is 5.73. The van der Waals surface area contributed by atoms with Crippen molar-refractivity contribution in [3.8, 4) is 0 Å². The van der Waals surface area contributed by atoms with E-state index in [1.54, 1.807) is 0 Å². The predicted octanol–water partition coefficient (Wildman–Crippen LogP) is 5.21. The molecule has 1 saturated heterocycles. The minimum absolute atomic E-state index is 0.361. The van der Waals surface area contributed by atoms with Gasteiger partial charge in [-0.2, -0.15) is 5.10 Å². The number of hydrogen-bond donors (Lipinski definition) is 0. The zero-order chi connectivity index (χ0) is 25.5. The van der Waals surface area contributed by atoms with E-state index in [4.69, 9.17) is 14.4 Å². The van der Waals surface area contributed by atoms with Gasteiger partial charge >= 0.3 is 7.12 Å². The van der Waals surface area contributed by atoms with E-state index < -0.39 is 12.7 Å². The summed E-state index contributed by atoms with van der Waals surface area (Å²) in [5.74, 6) is 0. The van der Waals surface area contributed by atoms with E-state index in [0.29, 0.717) is 12.3 Å². The molecule has 182 valence electrons. The number of aromatic nitrogens is 2. The normalized spacial score (nSPS) is 15.2. The summed E-state index contributed by atoms with van der Waals surface area (Å²) >= 11 is 0. The highest BCUT2D eigenvalue weighted by molar-refractivity contribution is 6.62. The van der Waals surface area contributed by atoms with E-state index in [2.05, 4.69) is 36.4 Å². The predicted molar refractivity (Wildman–Crippen MR) is 146 cm³/mol. The molecule has 0 bridgehead atoms. The zero-order valence-corrected chi connectivity index (χ0v) is 20.9. The molecule has 6 rings (SSSR count). The van der Waals surface area contributed by atoms with Crippen LogP contribution in [0.3, 0.4) is 0 Å². The fraction of sp³-hybridized carbons (Fsp3) is 0.161. The second kappa shape index (κ2) is 9.14. The molecule has 4 aromatic carbocycles. The Balaban J connectivity index is 1.66. The Bertz CT molecular complexity index is 1450. The first kappa shape index (κ1) is 23.4. The van der Waals surface area contributed by atoms with Crippen LogP contribution in [0.5, 0.6) is 0 Å². The highest BCUT2D eigenvalue weighted by Gasteiger charge is 2.42. The lowest BCUT2D eigenvalue weighted by atomic mass is 9.76. The fourth-order valence-electron chi connectivity index (χ4n) is 5.35. The SMILES string of the molecule is CC1(C)COB(c2ccc3c(c2)c(C=O)nn3C(c2ccccc2)(c2ccccc2)c2ccccc2)O1. The van der Waals surface area contributed by atoms with Crippen LogP contribution in [-0.4, -0.2) is 35.4 Å². The fourth-order valence-corrected chi connectivity index (χ4v) is 5.35. The summed E-state index contributed by atoms with van der Waals surface area (Å²) < 4.78 is 14.0. The Hall–Kier alpha value is -4.00. The molecule has 0 radical (unpaired) electrons. The van der Waals surface area contributed by atoms with Crippen molar-refractivity contribution in [2.75, 3.05) is 6.61 Å². The van der Waals surface area contributed by atoms with Crippen molar-refractivity contribution in [2.45, 2.75) is 25.0 Å². The quantitative estimate of drug-likeness (QED) is 0.188. The molecule has 5 aromatic rings. The van der Waals surface area contributed by atoms with Crippen molar-refractivity contribution in [2.24, 2.45) is 0 Å². The number of carbonyl (C=O) groups excluding carboxylic acids is 1. The van der Waals surface area contributed by atoms with Gasteiger partial charge in [-0.3, -0.25) is 4.79 Å². The molecule has 0 spiro atoms. The average molecular weight is 486 g/mol. The van der Waals surface area contributed by atoms with E-state index in [0.717, 1.165) is 39.3 Å². The summed E-state index contributed by atoms with van der Waals surface area (Å²) in [5.41, 5.74) is 4.05. The van der Waals surface area contributed by atoms with E-state index >= 15 is 0 Å². The molecule has 5 nitrogen and oxygen atoms in total. The molecule has 0 amide bonds. The second-order valence-corrected chi connectivity index (χ2v) is 10.0. The number of fused-ring (bicyclic) bond motifs is 1. The summed E-state index contributed by atoms with van der Waals surface area (Å²) in [7, 11) is -0.482. The second-order valence-electron chi connectivity index (χ2n) is 10.0. The number of aldehydes is 1. The average Bonchev–Trinajstić information content (AvgIpc) is 3.50. The smallest absolute Gasteiger partial charge is 0.404 e. The molecule has 37 heavy (non-hydrogen) atoms. The van der Waals surface area contributed by atoms with Crippen LogP contribution in [0.4, 0.5) is 0 Å². The van der Waals surface area contributed by atoms with Gasteiger partial charge in [0.15, 0.2) is 6.29 Å². The Morgan fingerprint density at radius 3 is 1.84 bits per heavy atom. The molecule has 0 atom stereocenters. The topological polar surface area (TPSA) is 53.3 Å². The number of hydrogen-bond acceptors (Lipinski definition) is 4. The molecule has 1 fully saturated rings. The maximum absolute atomic E-state index is 12.4. The molecule has 6 heteroatoms. The lowest BCUT2D eigenvalue weighted by molar-refractivity contribution is 0.111. The summed E-state index contributed by atoms with van der Waals surface area (Å²) in [6.07, 6.45) is 0.828. The van der Waals surface area contributed by atoms with E-state index in [1.807, 2.05) is 91.3 Å². The van der Waals surface area contributed by atoms with Crippen molar-refractivity contribution in [1.29, 1.82) is 0 Å². The van der Waals surface area contributed by atoms with Crippen molar-refractivity contribution in [1.82, 2.24) is 9.78 Å². The number of benzene rings is 4. The third-order valence-electron chi connectivity index (χ3n) is 7.02. The van der Waals surface area contributed by atoms with Crippen LogP contribution >= 0.6 is 0 Å². The van der Waals surface area contributed by atoms with Gasteiger partial charge in [-0.1, -0.05) is 103 Å². The Morgan fingerprint density at radius 1 is 0.838 bits per heavy atom. The maximum atomic E-state index is 12.4. The molecule has 0 unspecified atom stereocenters. The van der Waals surface area contributed by atoms with Gasteiger partial charge in [0.2, 0.25) is 0 Å². The number of nitrogens with zero attached hydrogens (tertiary/aromatic N) is 2. The van der Waals surface area contributed by atoms with Crippen LogP contribution in [0.1, 0.15) is 41.0 Å². The van der Waals surface area contributed by atoms with Gasteiger partial charge in [-0.15, -0.1) is 0 Å². The van der Waals surface area contributed by atoms with Gasteiger partial charge in [0.1, 0.15) is 11.2 Å². The zero-order valence-electron chi connectivity index (χ0n) is 20.9. The standard InChI is InChI=1S/C31H27BN2O3/c1-30(2)22-36-32(37-30)26-18-19-29-27(20-26)28(21-35)33-34(29)31(23-12-6-3-7-13-23,24-14-8-4-9-15-24)25-16-10-5-11-17-25/h3-21H,22H2,1-2H3. The minimum Gasteiger partial charge on any atom is -0.404 e. The molecule has 0 saturated carbocycles. The van der Waals surface area contributed by atoms with Crippen molar-refractivity contribution in [3.05, 3.63) is 132 Å². The third kappa shape index (κ3) is 3.90. The van der Waals surface area contributed by atoms with E-state index in [-0.39, 0.29) is 5.60 Å². The highest BCUT2D eigenvalue weighted by atomic mass is 16.7. The molecule has 1 aromatic heterocycles. The molecule has 2 heterocycles. The first-order valence-electron chi connectivity index (χ1n) is 12.5. The van der Waals surface area contributed by atoms with Gasteiger partial charge < -0.3 is 9.31 Å². The Labute approximate surface area is 216 Å². The van der Waals surface area contributed by atoms with Crippen molar-refractivity contribution >= 4 is 29.8 Å². The highest BCUT2D eigenvalue weighted by Crippen LogP contribution is 2.42. The summed E-state index contributed by atoms with van der Waals surface area (Å²) in [6, 6.07) is 37.0.